The third-order valence-corrected chi connectivity index (χ3v) is 1.55. The molecular weight excluding hydrogens is 146 g/mol. The maximum absolute atomic E-state index is 10.2. The molecule has 0 aliphatic carbocycles. The molecule has 2 atom stereocenters. The Morgan fingerprint density at radius 1 is 1.64 bits per heavy atom. The zero-order valence-corrected chi connectivity index (χ0v) is 6.66. The minimum absolute atomic E-state index is 0.559. The standard InChI is InChI=1S/C7H15NO3/c1-2-3-4-5(8)6(9)7(10)11/h5-6,9H,2-4,8H2,1H3,(H,10,11)/t5-,6+/m0/s1. The number of aliphatic hydroxyl groups excluding tert-OH is 1. The first kappa shape index (κ1) is 10.4. The van der Waals surface area contributed by atoms with Gasteiger partial charge in [0.25, 0.3) is 0 Å². The molecule has 0 bridgehead atoms. The summed E-state index contributed by atoms with van der Waals surface area (Å²) in [4.78, 5) is 10.2. The lowest BCUT2D eigenvalue weighted by Gasteiger charge is -2.13. The van der Waals surface area contributed by atoms with Crippen molar-refractivity contribution in [2.45, 2.75) is 38.3 Å². The van der Waals surface area contributed by atoms with Crippen LogP contribution in [-0.2, 0) is 4.79 Å². The Balaban J connectivity index is 3.63. The Kier molecular flexibility index (Phi) is 4.81. The molecule has 0 amide bonds. The van der Waals surface area contributed by atoms with E-state index in [1.54, 1.807) is 0 Å². The van der Waals surface area contributed by atoms with Gasteiger partial charge in [-0.15, -0.1) is 0 Å². The van der Waals surface area contributed by atoms with Gasteiger partial charge in [0.2, 0.25) is 0 Å². The topological polar surface area (TPSA) is 83.5 Å². The van der Waals surface area contributed by atoms with Crippen LogP contribution in [-0.4, -0.2) is 28.3 Å². The molecule has 11 heavy (non-hydrogen) atoms. The highest BCUT2D eigenvalue weighted by Crippen LogP contribution is 2.02. The molecule has 66 valence electrons. The van der Waals surface area contributed by atoms with Gasteiger partial charge in [0.1, 0.15) is 0 Å². The second kappa shape index (κ2) is 5.09. The molecule has 4 N–H and O–H groups in total. The van der Waals surface area contributed by atoms with E-state index in [-0.39, 0.29) is 0 Å². The monoisotopic (exact) mass is 161 g/mol. The van der Waals surface area contributed by atoms with Crippen molar-refractivity contribution in [1.82, 2.24) is 0 Å². The molecule has 4 nitrogen and oxygen atoms in total. The number of hydrogen-bond acceptors (Lipinski definition) is 3. The molecule has 0 saturated carbocycles. The van der Waals surface area contributed by atoms with Crippen LogP contribution in [0.1, 0.15) is 26.2 Å². The van der Waals surface area contributed by atoms with E-state index < -0.39 is 18.1 Å². The minimum atomic E-state index is -1.42. The molecule has 0 unspecified atom stereocenters. The summed E-state index contributed by atoms with van der Waals surface area (Å²) in [5.41, 5.74) is 5.37. The molecule has 0 aromatic carbocycles. The normalized spacial score (nSPS) is 15.9. The maximum atomic E-state index is 10.2. The minimum Gasteiger partial charge on any atom is -0.479 e. The van der Waals surface area contributed by atoms with Gasteiger partial charge in [0.05, 0.1) is 0 Å². The predicted octanol–water partition coefficient (Wildman–Crippen LogP) is -0.0506. The van der Waals surface area contributed by atoms with Gasteiger partial charge in [-0.2, -0.15) is 0 Å². The van der Waals surface area contributed by atoms with Gasteiger partial charge in [-0.05, 0) is 6.42 Å². The highest BCUT2D eigenvalue weighted by molar-refractivity contribution is 5.72. The largest absolute Gasteiger partial charge is 0.479 e. The van der Waals surface area contributed by atoms with Crippen molar-refractivity contribution in [2.24, 2.45) is 5.73 Å². The van der Waals surface area contributed by atoms with E-state index >= 15 is 0 Å². The Labute approximate surface area is 66.0 Å². The summed E-state index contributed by atoms with van der Waals surface area (Å²) in [6, 6.07) is -0.632. The first-order valence-corrected chi connectivity index (χ1v) is 3.76. The Bertz CT molecular complexity index is 127. The van der Waals surface area contributed by atoms with Crippen LogP contribution in [0.5, 0.6) is 0 Å². The van der Waals surface area contributed by atoms with E-state index in [4.69, 9.17) is 15.9 Å². The fourth-order valence-electron chi connectivity index (χ4n) is 0.781. The van der Waals surface area contributed by atoms with E-state index in [1.807, 2.05) is 6.92 Å². The first-order chi connectivity index (χ1) is 5.09. The molecule has 0 saturated heterocycles. The van der Waals surface area contributed by atoms with Crippen molar-refractivity contribution in [3.63, 3.8) is 0 Å². The van der Waals surface area contributed by atoms with Gasteiger partial charge in [0.15, 0.2) is 6.10 Å². The summed E-state index contributed by atoms with van der Waals surface area (Å²) in [5, 5.41) is 17.2. The smallest absolute Gasteiger partial charge is 0.334 e. The second-order valence-electron chi connectivity index (χ2n) is 2.59. The van der Waals surface area contributed by atoms with Gasteiger partial charge >= 0.3 is 5.97 Å². The highest BCUT2D eigenvalue weighted by atomic mass is 16.4. The van der Waals surface area contributed by atoms with Crippen molar-refractivity contribution in [1.29, 1.82) is 0 Å². The quantitative estimate of drug-likeness (QED) is 0.528. The number of carbonyl (C=O) groups is 1. The van der Waals surface area contributed by atoms with Gasteiger partial charge in [0, 0.05) is 6.04 Å². The van der Waals surface area contributed by atoms with Crippen LogP contribution in [0, 0.1) is 0 Å². The zero-order valence-electron chi connectivity index (χ0n) is 6.66. The molecule has 0 aromatic heterocycles. The van der Waals surface area contributed by atoms with Crippen LogP contribution < -0.4 is 5.73 Å². The van der Waals surface area contributed by atoms with Crippen LogP contribution in [0.3, 0.4) is 0 Å². The molecule has 4 heteroatoms. The van der Waals surface area contributed by atoms with E-state index in [0.29, 0.717) is 6.42 Å². The zero-order chi connectivity index (χ0) is 8.85. The average Bonchev–Trinajstić information content (AvgIpc) is 1.98. The molecule has 0 aliphatic heterocycles. The fourth-order valence-corrected chi connectivity index (χ4v) is 0.781. The number of carboxylic acids is 1. The summed E-state index contributed by atoms with van der Waals surface area (Å²) in [7, 11) is 0. The van der Waals surface area contributed by atoms with E-state index in [2.05, 4.69) is 0 Å². The van der Waals surface area contributed by atoms with Crippen LogP contribution in [0.25, 0.3) is 0 Å². The molecule has 0 rings (SSSR count). The summed E-state index contributed by atoms with van der Waals surface area (Å²) >= 11 is 0. The highest BCUT2D eigenvalue weighted by Gasteiger charge is 2.20. The Hall–Kier alpha value is -0.610. The number of carboxylic acid groups (broad SMARTS) is 1. The lowest BCUT2D eigenvalue weighted by Crippen LogP contribution is -2.40. The summed E-state index contributed by atoms with van der Waals surface area (Å²) in [5.74, 6) is -1.24. The summed E-state index contributed by atoms with van der Waals surface area (Å²) in [6.45, 7) is 1.99. The van der Waals surface area contributed by atoms with E-state index in [1.165, 1.54) is 0 Å². The van der Waals surface area contributed by atoms with Gasteiger partial charge in [-0.25, -0.2) is 4.79 Å². The molecular formula is C7H15NO3. The Morgan fingerprint density at radius 2 is 2.18 bits per heavy atom. The number of hydrogen-bond donors (Lipinski definition) is 3. The number of nitrogens with two attached hydrogens (primary N) is 1. The maximum Gasteiger partial charge on any atom is 0.334 e. The van der Waals surface area contributed by atoms with Crippen molar-refractivity contribution < 1.29 is 15.0 Å². The average molecular weight is 161 g/mol. The molecule has 0 radical (unpaired) electrons. The molecule has 0 spiro atoms. The number of aliphatic carboxylic acids is 1. The van der Waals surface area contributed by atoms with Crippen molar-refractivity contribution >= 4 is 5.97 Å². The SMILES string of the molecule is CCCC[C@H](N)[C@@H](O)C(=O)O. The molecule has 0 heterocycles. The van der Waals surface area contributed by atoms with Gasteiger partial charge < -0.3 is 15.9 Å². The van der Waals surface area contributed by atoms with Crippen LogP contribution in [0.15, 0.2) is 0 Å². The summed E-state index contributed by atoms with van der Waals surface area (Å²) < 4.78 is 0. The summed E-state index contributed by atoms with van der Waals surface area (Å²) in [6.07, 6.45) is 0.955. The Morgan fingerprint density at radius 3 is 2.55 bits per heavy atom. The van der Waals surface area contributed by atoms with Crippen LogP contribution >= 0.6 is 0 Å². The number of aliphatic hydroxyl groups is 1. The number of rotatable bonds is 5. The van der Waals surface area contributed by atoms with Crippen LogP contribution in [0.4, 0.5) is 0 Å². The first-order valence-electron chi connectivity index (χ1n) is 3.76. The molecule has 0 fully saturated rings. The third-order valence-electron chi connectivity index (χ3n) is 1.55. The van der Waals surface area contributed by atoms with Gasteiger partial charge in [-0.1, -0.05) is 19.8 Å². The fraction of sp³-hybridized carbons (Fsp3) is 0.857. The van der Waals surface area contributed by atoms with Crippen molar-refractivity contribution in [3.05, 3.63) is 0 Å². The van der Waals surface area contributed by atoms with E-state index in [9.17, 15) is 4.79 Å². The van der Waals surface area contributed by atoms with Crippen molar-refractivity contribution in [2.75, 3.05) is 0 Å². The third kappa shape index (κ3) is 3.95. The van der Waals surface area contributed by atoms with E-state index in [0.717, 1.165) is 12.8 Å². The van der Waals surface area contributed by atoms with Gasteiger partial charge in [-0.3, -0.25) is 0 Å². The number of unbranched alkanes of at least 4 members (excludes halogenated alkanes) is 1. The predicted molar refractivity (Wildman–Crippen MR) is 41.1 cm³/mol. The lowest BCUT2D eigenvalue weighted by atomic mass is 10.1. The van der Waals surface area contributed by atoms with Crippen LogP contribution in [0.2, 0.25) is 0 Å². The molecule has 0 aromatic rings. The second-order valence-corrected chi connectivity index (χ2v) is 2.59. The van der Waals surface area contributed by atoms with Crippen molar-refractivity contribution in [3.8, 4) is 0 Å². The lowest BCUT2D eigenvalue weighted by molar-refractivity contribution is -0.147. The molecule has 0 aliphatic rings.